The van der Waals surface area contributed by atoms with E-state index in [1.807, 2.05) is 24.3 Å². The van der Waals surface area contributed by atoms with Crippen LogP contribution in [0, 0.1) is 6.92 Å². The van der Waals surface area contributed by atoms with Crippen molar-refractivity contribution in [1.29, 1.82) is 0 Å². The lowest BCUT2D eigenvalue weighted by Crippen LogP contribution is -2.13. The fourth-order valence-electron chi connectivity index (χ4n) is 2.64. The van der Waals surface area contributed by atoms with Crippen LogP contribution in [-0.4, -0.2) is 34.1 Å². The molecule has 4 rings (SSSR count). The fraction of sp³-hybridized carbons (Fsp3) is 0.238. The molecule has 2 heterocycles. The minimum absolute atomic E-state index is 0.304. The Morgan fingerprint density at radius 1 is 1.00 bits per heavy atom. The second-order valence-electron chi connectivity index (χ2n) is 6.62. The van der Waals surface area contributed by atoms with Crippen LogP contribution in [0.5, 0.6) is 11.5 Å². The molecule has 1 N–H and O–H groups in total. The Morgan fingerprint density at radius 3 is 2.39 bits per heavy atom. The third-order valence-electron chi connectivity index (χ3n) is 4.32. The molecule has 142 valence electrons. The summed E-state index contributed by atoms with van der Waals surface area (Å²) in [6.07, 6.45) is 7.18. The van der Waals surface area contributed by atoms with Gasteiger partial charge in [0.2, 0.25) is 0 Å². The average molecular weight is 376 g/mol. The smallest absolute Gasteiger partial charge is 0.259 e. The van der Waals surface area contributed by atoms with Crippen LogP contribution < -0.4 is 14.8 Å². The topological polar surface area (TPSA) is 86.2 Å². The number of pyridine rings is 1. The van der Waals surface area contributed by atoms with E-state index in [0.29, 0.717) is 23.3 Å². The van der Waals surface area contributed by atoms with Crippen LogP contribution in [0.3, 0.4) is 0 Å². The summed E-state index contributed by atoms with van der Waals surface area (Å²) in [5.41, 5.74) is 2.22. The molecule has 3 aromatic rings. The first-order valence-corrected chi connectivity index (χ1v) is 9.03. The maximum atomic E-state index is 12.3. The van der Waals surface area contributed by atoms with Crippen LogP contribution in [0.25, 0.3) is 11.1 Å². The second-order valence-corrected chi connectivity index (χ2v) is 6.62. The van der Waals surface area contributed by atoms with Crippen molar-refractivity contribution >= 4 is 11.7 Å². The van der Waals surface area contributed by atoms with Crippen molar-refractivity contribution in [3.63, 3.8) is 0 Å². The van der Waals surface area contributed by atoms with E-state index < -0.39 is 0 Å². The summed E-state index contributed by atoms with van der Waals surface area (Å²) in [5.74, 6) is 2.27. The number of hydrogen-bond donors (Lipinski definition) is 1. The van der Waals surface area contributed by atoms with Gasteiger partial charge in [-0.05, 0) is 49.6 Å². The average Bonchev–Trinajstić information content (AvgIpc) is 3.52. The van der Waals surface area contributed by atoms with Crippen LogP contribution in [0.15, 0.2) is 48.9 Å². The number of carbonyl (C=O) groups excluding carboxylic acids is 1. The van der Waals surface area contributed by atoms with Crippen molar-refractivity contribution in [2.45, 2.75) is 25.9 Å². The molecule has 1 aromatic carbocycles. The Morgan fingerprint density at radius 2 is 1.75 bits per heavy atom. The Kier molecular flexibility index (Phi) is 4.89. The van der Waals surface area contributed by atoms with Gasteiger partial charge >= 0.3 is 0 Å². The standard InChI is InChI=1S/C21H20N4O3/c1-13-22-11-16(12-23-13)21(26)25-20-6-3-14(10-24-20)15-7-18(27-2)9-19(8-15)28-17-4-5-17/h3,6-12,17H,4-5H2,1-2H3,(H,24,25,26). The van der Waals surface area contributed by atoms with E-state index in [-0.39, 0.29) is 5.91 Å². The minimum Gasteiger partial charge on any atom is -0.497 e. The summed E-state index contributed by atoms with van der Waals surface area (Å²) in [5, 5.41) is 2.75. The number of methoxy groups -OCH3 is 1. The van der Waals surface area contributed by atoms with Gasteiger partial charge < -0.3 is 14.8 Å². The van der Waals surface area contributed by atoms with Gasteiger partial charge in [-0.1, -0.05) is 0 Å². The highest BCUT2D eigenvalue weighted by Gasteiger charge is 2.24. The number of anilines is 1. The van der Waals surface area contributed by atoms with Crippen molar-refractivity contribution in [2.75, 3.05) is 12.4 Å². The first-order chi connectivity index (χ1) is 13.6. The normalized spacial score (nSPS) is 13.1. The maximum absolute atomic E-state index is 12.3. The van der Waals surface area contributed by atoms with E-state index in [4.69, 9.17) is 9.47 Å². The number of nitrogens with one attached hydrogen (secondary N) is 1. The number of rotatable bonds is 6. The van der Waals surface area contributed by atoms with Crippen LogP contribution in [0.4, 0.5) is 5.82 Å². The molecule has 0 bridgehead atoms. The zero-order valence-electron chi connectivity index (χ0n) is 15.7. The lowest BCUT2D eigenvalue weighted by Gasteiger charge is -2.11. The molecule has 28 heavy (non-hydrogen) atoms. The molecule has 7 nitrogen and oxygen atoms in total. The maximum Gasteiger partial charge on any atom is 0.259 e. The number of benzene rings is 1. The Balaban J connectivity index is 1.51. The number of amides is 1. The SMILES string of the molecule is COc1cc(OC2CC2)cc(-c2ccc(NC(=O)c3cnc(C)nc3)nc2)c1. The van der Waals surface area contributed by atoms with E-state index in [9.17, 15) is 4.79 Å². The molecular formula is C21H20N4O3. The molecule has 0 atom stereocenters. The molecule has 1 aliphatic rings. The summed E-state index contributed by atoms with van der Waals surface area (Å²) in [6.45, 7) is 1.77. The lowest BCUT2D eigenvalue weighted by atomic mass is 10.1. The Labute approximate surface area is 162 Å². The van der Waals surface area contributed by atoms with Crippen molar-refractivity contribution in [3.8, 4) is 22.6 Å². The quantitative estimate of drug-likeness (QED) is 0.707. The van der Waals surface area contributed by atoms with E-state index in [1.165, 1.54) is 12.4 Å². The van der Waals surface area contributed by atoms with Gasteiger partial charge in [0.05, 0.1) is 18.8 Å². The molecule has 2 aromatic heterocycles. The second kappa shape index (κ2) is 7.64. The van der Waals surface area contributed by atoms with Crippen LogP contribution in [-0.2, 0) is 0 Å². The van der Waals surface area contributed by atoms with Gasteiger partial charge in [0.15, 0.2) is 0 Å². The predicted octanol–water partition coefficient (Wildman–Crippen LogP) is 3.65. The van der Waals surface area contributed by atoms with Gasteiger partial charge in [0, 0.05) is 30.2 Å². The lowest BCUT2D eigenvalue weighted by molar-refractivity contribution is 0.102. The number of hydrogen-bond acceptors (Lipinski definition) is 6. The molecule has 1 fully saturated rings. The molecule has 0 spiro atoms. The van der Waals surface area contributed by atoms with Gasteiger partial charge in [-0.25, -0.2) is 15.0 Å². The molecule has 0 radical (unpaired) electrons. The zero-order valence-corrected chi connectivity index (χ0v) is 15.7. The highest BCUT2D eigenvalue weighted by Crippen LogP contribution is 2.33. The summed E-state index contributed by atoms with van der Waals surface area (Å²) in [6, 6.07) is 9.43. The van der Waals surface area contributed by atoms with Crippen molar-refractivity contribution < 1.29 is 14.3 Å². The van der Waals surface area contributed by atoms with E-state index in [0.717, 1.165) is 35.5 Å². The largest absolute Gasteiger partial charge is 0.497 e. The molecule has 0 saturated heterocycles. The minimum atomic E-state index is -0.304. The molecule has 0 unspecified atom stereocenters. The van der Waals surface area contributed by atoms with Crippen molar-refractivity contribution in [2.24, 2.45) is 0 Å². The van der Waals surface area contributed by atoms with Gasteiger partial charge in [-0.2, -0.15) is 0 Å². The van der Waals surface area contributed by atoms with Crippen molar-refractivity contribution in [3.05, 3.63) is 60.3 Å². The zero-order chi connectivity index (χ0) is 19.5. The number of aryl methyl sites for hydroxylation is 1. The van der Waals surface area contributed by atoms with Crippen LogP contribution in [0.1, 0.15) is 29.0 Å². The monoisotopic (exact) mass is 376 g/mol. The molecule has 1 amide bonds. The molecule has 1 saturated carbocycles. The number of ether oxygens (including phenoxy) is 2. The van der Waals surface area contributed by atoms with Crippen LogP contribution >= 0.6 is 0 Å². The summed E-state index contributed by atoms with van der Waals surface area (Å²) < 4.78 is 11.3. The van der Waals surface area contributed by atoms with E-state index in [2.05, 4.69) is 20.3 Å². The van der Waals surface area contributed by atoms with Gasteiger partial charge in [0.1, 0.15) is 23.1 Å². The van der Waals surface area contributed by atoms with Gasteiger partial charge in [0.25, 0.3) is 5.91 Å². The molecule has 7 heteroatoms. The summed E-state index contributed by atoms with van der Waals surface area (Å²) in [4.78, 5) is 24.7. The van der Waals surface area contributed by atoms with Crippen molar-refractivity contribution in [1.82, 2.24) is 15.0 Å². The Hall–Kier alpha value is -3.48. The first kappa shape index (κ1) is 17.9. The fourth-order valence-corrected chi connectivity index (χ4v) is 2.64. The Bertz CT molecular complexity index is 984. The molecular weight excluding hydrogens is 356 g/mol. The summed E-state index contributed by atoms with van der Waals surface area (Å²) >= 11 is 0. The molecule has 1 aliphatic carbocycles. The predicted molar refractivity (Wildman–Crippen MR) is 105 cm³/mol. The number of carbonyl (C=O) groups is 1. The van der Waals surface area contributed by atoms with E-state index >= 15 is 0 Å². The van der Waals surface area contributed by atoms with E-state index in [1.54, 1.807) is 26.3 Å². The molecule has 0 aliphatic heterocycles. The first-order valence-electron chi connectivity index (χ1n) is 9.03. The van der Waals surface area contributed by atoms with Gasteiger partial charge in [-0.3, -0.25) is 4.79 Å². The third-order valence-corrected chi connectivity index (χ3v) is 4.32. The highest BCUT2D eigenvalue weighted by atomic mass is 16.5. The number of nitrogens with zero attached hydrogens (tertiary/aromatic N) is 3. The van der Waals surface area contributed by atoms with Crippen LogP contribution in [0.2, 0.25) is 0 Å². The highest BCUT2D eigenvalue weighted by molar-refractivity contribution is 6.03. The number of aromatic nitrogens is 3. The summed E-state index contributed by atoms with van der Waals surface area (Å²) in [7, 11) is 1.63. The van der Waals surface area contributed by atoms with Gasteiger partial charge in [-0.15, -0.1) is 0 Å². The third kappa shape index (κ3) is 4.25.